The van der Waals surface area contributed by atoms with Gasteiger partial charge in [0.15, 0.2) is 0 Å². The van der Waals surface area contributed by atoms with Crippen LogP contribution in [0.2, 0.25) is 0 Å². The van der Waals surface area contributed by atoms with E-state index in [0.717, 1.165) is 53.1 Å². The van der Waals surface area contributed by atoms with E-state index in [0.29, 0.717) is 12.2 Å². The lowest BCUT2D eigenvalue weighted by Crippen LogP contribution is -2.65. The van der Waals surface area contributed by atoms with Crippen molar-refractivity contribution < 1.29 is 9.59 Å². The molecule has 0 radical (unpaired) electrons. The molecule has 1 aliphatic heterocycles. The van der Waals surface area contributed by atoms with E-state index in [1.807, 2.05) is 62.5 Å². The van der Waals surface area contributed by atoms with Crippen LogP contribution in [0.5, 0.6) is 0 Å². The largest absolute Gasteiger partial charge is 0.351 e. The predicted molar refractivity (Wildman–Crippen MR) is 132 cm³/mol. The highest BCUT2D eigenvalue weighted by atomic mass is 32.1. The topological polar surface area (TPSA) is 67.2 Å². The van der Waals surface area contributed by atoms with E-state index in [4.69, 9.17) is 5.10 Å². The van der Waals surface area contributed by atoms with E-state index < -0.39 is 5.54 Å². The van der Waals surface area contributed by atoms with Crippen molar-refractivity contribution in [2.24, 2.45) is 0 Å². The van der Waals surface area contributed by atoms with E-state index >= 15 is 0 Å². The van der Waals surface area contributed by atoms with E-state index in [9.17, 15) is 9.59 Å². The van der Waals surface area contributed by atoms with Crippen molar-refractivity contribution in [2.45, 2.75) is 71.0 Å². The van der Waals surface area contributed by atoms with Gasteiger partial charge in [0.05, 0.1) is 11.4 Å². The van der Waals surface area contributed by atoms with E-state index in [-0.39, 0.29) is 17.9 Å². The molecular formula is C26H30N4O2S. The minimum Gasteiger partial charge on any atom is -0.351 e. The number of nitrogens with zero attached hydrogens (tertiary/aromatic N) is 3. The number of fused-ring (bicyclic) bond motifs is 1. The molecule has 1 aliphatic carbocycles. The number of thiophene rings is 1. The summed E-state index contributed by atoms with van der Waals surface area (Å²) >= 11 is 1.59. The SMILES string of the molecule is Cc1ccc(C)c(N2C(=O)c3cc(-c4cccs4)nn3CC2(C)C(=O)NC2CCCCC2)c1. The van der Waals surface area contributed by atoms with Gasteiger partial charge in [0, 0.05) is 11.7 Å². The van der Waals surface area contributed by atoms with Gasteiger partial charge in [-0.25, -0.2) is 0 Å². The molecule has 1 fully saturated rings. The molecule has 2 aromatic heterocycles. The molecule has 2 aliphatic rings. The summed E-state index contributed by atoms with van der Waals surface area (Å²) in [6, 6.07) is 12.0. The standard InChI is InChI=1S/C26H30N4O2S/c1-17-11-12-18(2)21(14-17)30-24(31)22-15-20(23-10-7-13-33-23)28-29(22)16-26(30,3)25(32)27-19-8-5-4-6-9-19/h7,10-15,19H,4-6,8-9,16H2,1-3H3,(H,27,32). The molecule has 5 rings (SSSR count). The van der Waals surface area contributed by atoms with Crippen molar-refractivity contribution in [3.05, 3.63) is 58.6 Å². The normalized spacial score (nSPS) is 21.2. The Balaban J connectivity index is 1.59. The molecule has 2 amide bonds. The van der Waals surface area contributed by atoms with Crippen molar-refractivity contribution in [3.8, 4) is 10.6 Å². The van der Waals surface area contributed by atoms with Crippen molar-refractivity contribution in [2.75, 3.05) is 4.90 Å². The fourth-order valence-corrected chi connectivity index (χ4v) is 5.73. The molecular weight excluding hydrogens is 432 g/mol. The number of hydrogen-bond acceptors (Lipinski definition) is 4. The van der Waals surface area contributed by atoms with Crippen LogP contribution in [0, 0.1) is 13.8 Å². The van der Waals surface area contributed by atoms with Crippen molar-refractivity contribution in [1.29, 1.82) is 0 Å². The summed E-state index contributed by atoms with van der Waals surface area (Å²) in [6.07, 6.45) is 5.48. The summed E-state index contributed by atoms with van der Waals surface area (Å²) in [6.45, 7) is 6.19. The van der Waals surface area contributed by atoms with Crippen LogP contribution in [0.25, 0.3) is 10.6 Å². The van der Waals surface area contributed by atoms with E-state index in [1.165, 1.54) is 6.42 Å². The minimum absolute atomic E-state index is 0.109. The number of carbonyl (C=O) groups is 2. The second-order valence-electron chi connectivity index (χ2n) is 9.56. The van der Waals surface area contributed by atoms with Gasteiger partial charge < -0.3 is 5.32 Å². The molecule has 3 aromatic rings. The zero-order chi connectivity index (χ0) is 23.2. The second-order valence-corrected chi connectivity index (χ2v) is 10.5. The molecule has 33 heavy (non-hydrogen) atoms. The maximum atomic E-state index is 14.0. The quantitative estimate of drug-likeness (QED) is 0.587. The number of nitrogens with one attached hydrogen (secondary N) is 1. The summed E-state index contributed by atoms with van der Waals surface area (Å²) in [5.41, 5.74) is 3.01. The van der Waals surface area contributed by atoms with Gasteiger partial charge in [-0.15, -0.1) is 11.3 Å². The van der Waals surface area contributed by atoms with Gasteiger partial charge in [-0.1, -0.05) is 37.5 Å². The summed E-state index contributed by atoms with van der Waals surface area (Å²) in [4.78, 5) is 30.5. The Hall–Kier alpha value is -2.93. The molecule has 1 unspecified atom stereocenters. The Morgan fingerprint density at radius 2 is 1.94 bits per heavy atom. The Kier molecular flexibility index (Phi) is 5.60. The molecule has 6 nitrogen and oxygen atoms in total. The maximum absolute atomic E-state index is 14.0. The minimum atomic E-state index is -1.08. The van der Waals surface area contributed by atoms with Crippen LogP contribution in [0.4, 0.5) is 5.69 Å². The molecule has 1 atom stereocenters. The first-order chi connectivity index (χ1) is 15.9. The van der Waals surface area contributed by atoms with Crippen molar-refractivity contribution in [3.63, 3.8) is 0 Å². The Labute approximate surface area is 198 Å². The zero-order valence-electron chi connectivity index (χ0n) is 19.4. The first-order valence-electron chi connectivity index (χ1n) is 11.7. The highest BCUT2D eigenvalue weighted by Crippen LogP contribution is 2.37. The highest BCUT2D eigenvalue weighted by molar-refractivity contribution is 7.13. The number of amides is 2. The van der Waals surface area contributed by atoms with Crippen LogP contribution in [0.15, 0.2) is 41.8 Å². The van der Waals surface area contributed by atoms with Crippen LogP contribution < -0.4 is 10.2 Å². The first-order valence-corrected chi connectivity index (χ1v) is 12.6. The smallest absolute Gasteiger partial charge is 0.277 e. The monoisotopic (exact) mass is 462 g/mol. The van der Waals surface area contributed by atoms with Gasteiger partial charge in [-0.3, -0.25) is 19.2 Å². The Morgan fingerprint density at radius 3 is 2.67 bits per heavy atom. The Morgan fingerprint density at radius 1 is 1.15 bits per heavy atom. The molecule has 0 spiro atoms. The number of hydrogen-bond donors (Lipinski definition) is 1. The number of anilines is 1. The van der Waals surface area contributed by atoms with Gasteiger partial charge >= 0.3 is 0 Å². The number of aromatic nitrogens is 2. The van der Waals surface area contributed by atoms with Crippen molar-refractivity contribution in [1.82, 2.24) is 15.1 Å². The molecule has 0 saturated heterocycles. The number of aryl methyl sites for hydroxylation is 2. The predicted octanol–water partition coefficient (Wildman–Crippen LogP) is 5.10. The fourth-order valence-electron chi connectivity index (χ4n) is 5.05. The van der Waals surface area contributed by atoms with Gasteiger partial charge in [-0.2, -0.15) is 5.10 Å². The summed E-state index contributed by atoms with van der Waals surface area (Å²) < 4.78 is 1.72. The third-order valence-electron chi connectivity index (χ3n) is 6.96. The van der Waals surface area contributed by atoms with E-state index in [2.05, 4.69) is 5.32 Å². The summed E-state index contributed by atoms with van der Waals surface area (Å²) in [5.74, 6) is -0.297. The summed E-state index contributed by atoms with van der Waals surface area (Å²) in [5, 5.41) is 10.0. The van der Waals surface area contributed by atoms with Crippen LogP contribution in [0.1, 0.15) is 60.6 Å². The maximum Gasteiger partial charge on any atom is 0.277 e. The van der Waals surface area contributed by atoms with Crippen molar-refractivity contribution >= 4 is 28.8 Å². The van der Waals surface area contributed by atoms with Gasteiger partial charge in [-0.05, 0) is 68.3 Å². The first kappa shape index (κ1) is 21.9. The van der Waals surface area contributed by atoms with Gasteiger partial charge in [0.2, 0.25) is 5.91 Å². The number of rotatable bonds is 4. The molecule has 1 saturated carbocycles. The van der Waals surface area contributed by atoms with Crippen LogP contribution >= 0.6 is 11.3 Å². The molecule has 7 heteroatoms. The average Bonchev–Trinajstić information content (AvgIpc) is 3.47. The van der Waals surface area contributed by atoms with Crippen LogP contribution in [-0.4, -0.2) is 33.2 Å². The average molecular weight is 463 g/mol. The third-order valence-corrected chi connectivity index (χ3v) is 7.85. The van der Waals surface area contributed by atoms with Crippen LogP contribution in [0.3, 0.4) is 0 Å². The van der Waals surface area contributed by atoms with Gasteiger partial charge in [0.25, 0.3) is 5.91 Å². The Bertz CT molecular complexity index is 1190. The lowest BCUT2D eigenvalue weighted by atomic mass is 9.90. The molecule has 172 valence electrons. The van der Waals surface area contributed by atoms with Crippen LogP contribution in [-0.2, 0) is 11.3 Å². The molecule has 3 heterocycles. The lowest BCUT2D eigenvalue weighted by molar-refractivity contribution is -0.127. The molecule has 1 N–H and O–H groups in total. The lowest BCUT2D eigenvalue weighted by Gasteiger charge is -2.44. The summed E-state index contributed by atoms with van der Waals surface area (Å²) in [7, 11) is 0. The third kappa shape index (κ3) is 3.88. The van der Waals surface area contributed by atoms with E-state index in [1.54, 1.807) is 20.9 Å². The fraction of sp³-hybridized carbons (Fsp3) is 0.423. The molecule has 0 bridgehead atoms. The van der Waals surface area contributed by atoms with Gasteiger partial charge in [0.1, 0.15) is 16.9 Å². The second kappa shape index (κ2) is 8.45. The zero-order valence-corrected chi connectivity index (χ0v) is 20.2. The molecule has 1 aromatic carbocycles. The number of benzene rings is 1. The highest BCUT2D eigenvalue weighted by Gasteiger charge is 2.49. The number of carbonyl (C=O) groups excluding carboxylic acids is 2.